The Labute approximate surface area is 134 Å². The molecule has 0 saturated carbocycles. The van der Waals surface area contributed by atoms with Gasteiger partial charge >= 0.3 is 0 Å². The third-order valence-electron chi connectivity index (χ3n) is 2.93. The van der Waals surface area contributed by atoms with Gasteiger partial charge in [-0.2, -0.15) is 0 Å². The number of aromatic nitrogens is 1. The lowest BCUT2D eigenvalue weighted by Gasteiger charge is -2.20. The highest BCUT2D eigenvalue weighted by atomic mass is 79.9. The first-order valence-corrected chi connectivity index (χ1v) is 7.77. The molecule has 21 heavy (non-hydrogen) atoms. The zero-order chi connectivity index (χ0) is 15.5. The average Bonchev–Trinajstić information content (AvgIpc) is 2.41. The van der Waals surface area contributed by atoms with Crippen molar-refractivity contribution in [3.63, 3.8) is 0 Å². The van der Waals surface area contributed by atoms with E-state index in [4.69, 9.17) is 4.74 Å². The van der Waals surface area contributed by atoms with Crippen LogP contribution in [0.2, 0.25) is 0 Å². The first kappa shape index (κ1) is 16.0. The van der Waals surface area contributed by atoms with Crippen LogP contribution in [0.3, 0.4) is 0 Å². The summed E-state index contributed by atoms with van der Waals surface area (Å²) in [5, 5.41) is 3.47. The maximum atomic E-state index is 5.83. The van der Waals surface area contributed by atoms with Gasteiger partial charge in [0.25, 0.3) is 0 Å². The summed E-state index contributed by atoms with van der Waals surface area (Å²) < 4.78 is 6.78. The standard InChI is InChI=1S/C17H21BrN2O/c1-12-5-7-14(11-19-12)21-16-8-6-13(9-15(16)18)10-20-17(2,3)4/h5-9,11,20H,10H2,1-4H3. The fourth-order valence-electron chi connectivity index (χ4n) is 1.75. The van der Waals surface area contributed by atoms with Crippen molar-refractivity contribution in [3.05, 3.63) is 52.3 Å². The summed E-state index contributed by atoms with van der Waals surface area (Å²) in [6.45, 7) is 9.25. The Morgan fingerprint density at radius 2 is 1.95 bits per heavy atom. The van der Waals surface area contributed by atoms with E-state index < -0.39 is 0 Å². The summed E-state index contributed by atoms with van der Waals surface area (Å²) in [6.07, 6.45) is 1.73. The molecule has 0 atom stereocenters. The summed E-state index contributed by atoms with van der Waals surface area (Å²) in [6, 6.07) is 9.98. The number of rotatable bonds is 4. The van der Waals surface area contributed by atoms with Gasteiger partial charge in [-0.15, -0.1) is 0 Å². The molecule has 1 aromatic heterocycles. The van der Waals surface area contributed by atoms with Crippen molar-refractivity contribution >= 4 is 15.9 Å². The molecule has 0 aliphatic carbocycles. The zero-order valence-electron chi connectivity index (χ0n) is 12.9. The van der Waals surface area contributed by atoms with Crippen LogP contribution in [0, 0.1) is 6.92 Å². The van der Waals surface area contributed by atoms with Crippen LogP contribution in [0.1, 0.15) is 32.0 Å². The van der Waals surface area contributed by atoms with E-state index in [0.717, 1.165) is 28.2 Å². The minimum atomic E-state index is 0.106. The Balaban J connectivity index is 2.07. The largest absolute Gasteiger partial charge is 0.455 e. The summed E-state index contributed by atoms with van der Waals surface area (Å²) in [5.41, 5.74) is 2.30. The molecule has 0 unspecified atom stereocenters. The molecule has 2 rings (SSSR count). The number of nitrogens with one attached hydrogen (secondary N) is 1. The van der Waals surface area contributed by atoms with Gasteiger partial charge in [0.2, 0.25) is 0 Å². The maximum Gasteiger partial charge on any atom is 0.145 e. The quantitative estimate of drug-likeness (QED) is 0.858. The molecular weight excluding hydrogens is 328 g/mol. The molecule has 1 N–H and O–H groups in total. The molecule has 0 saturated heterocycles. The molecule has 1 heterocycles. The fourth-order valence-corrected chi connectivity index (χ4v) is 2.25. The van der Waals surface area contributed by atoms with Crippen molar-refractivity contribution in [3.8, 4) is 11.5 Å². The topological polar surface area (TPSA) is 34.1 Å². The summed E-state index contributed by atoms with van der Waals surface area (Å²) in [5.74, 6) is 1.53. The van der Waals surface area contributed by atoms with Gasteiger partial charge in [-0.25, -0.2) is 0 Å². The molecule has 0 aliphatic rings. The van der Waals surface area contributed by atoms with Crippen LogP contribution in [0.25, 0.3) is 0 Å². The number of nitrogens with zero attached hydrogens (tertiary/aromatic N) is 1. The number of pyridine rings is 1. The van der Waals surface area contributed by atoms with Crippen molar-refractivity contribution in [2.24, 2.45) is 0 Å². The number of ether oxygens (including phenoxy) is 1. The van der Waals surface area contributed by atoms with Crippen LogP contribution in [-0.2, 0) is 6.54 Å². The third-order valence-corrected chi connectivity index (χ3v) is 3.55. The van der Waals surface area contributed by atoms with E-state index in [2.05, 4.69) is 59.1 Å². The van der Waals surface area contributed by atoms with Gasteiger partial charge in [-0.05, 0) is 73.5 Å². The predicted molar refractivity (Wildman–Crippen MR) is 89.8 cm³/mol. The highest BCUT2D eigenvalue weighted by Gasteiger charge is 2.10. The molecule has 3 nitrogen and oxygen atoms in total. The summed E-state index contributed by atoms with van der Waals surface area (Å²) in [7, 11) is 0. The number of hydrogen-bond donors (Lipinski definition) is 1. The number of hydrogen-bond acceptors (Lipinski definition) is 3. The first-order valence-electron chi connectivity index (χ1n) is 6.97. The molecule has 0 amide bonds. The Kier molecular flexibility index (Phi) is 5.01. The molecule has 0 spiro atoms. The minimum absolute atomic E-state index is 0.106. The van der Waals surface area contributed by atoms with Crippen LogP contribution >= 0.6 is 15.9 Å². The number of halogens is 1. The van der Waals surface area contributed by atoms with Crippen LogP contribution in [0.4, 0.5) is 0 Å². The lowest BCUT2D eigenvalue weighted by Crippen LogP contribution is -2.35. The van der Waals surface area contributed by atoms with E-state index in [1.54, 1.807) is 6.20 Å². The first-order chi connectivity index (χ1) is 9.83. The maximum absolute atomic E-state index is 5.83. The molecule has 112 valence electrons. The molecule has 1 aromatic carbocycles. The smallest absolute Gasteiger partial charge is 0.145 e. The fraction of sp³-hybridized carbons (Fsp3) is 0.353. The second-order valence-electron chi connectivity index (χ2n) is 6.11. The van der Waals surface area contributed by atoms with Gasteiger partial charge in [-0.1, -0.05) is 6.07 Å². The number of benzene rings is 1. The van der Waals surface area contributed by atoms with Crippen molar-refractivity contribution in [1.29, 1.82) is 0 Å². The van der Waals surface area contributed by atoms with E-state index in [0.29, 0.717) is 0 Å². The Morgan fingerprint density at radius 3 is 2.52 bits per heavy atom. The predicted octanol–water partition coefficient (Wildman–Crippen LogP) is 4.83. The molecule has 0 fully saturated rings. The van der Waals surface area contributed by atoms with Crippen molar-refractivity contribution in [2.75, 3.05) is 0 Å². The van der Waals surface area contributed by atoms with Crippen molar-refractivity contribution in [2.45, 2.75) is 39.8 Å². The SMILES string of the molecule is Cc1ccc(Oc2ccc(CNC(C)(C)C)cc2Br)cn1. The van der Waals surface area contributed by atoms with Gasteiger partial charge in [0.1, 0.15) is 11.5 Å². The molecule has 0 bridgehead atoms. The lowest BCUT2D eigenvalue weighted by molar-refractivity contribution is 0.424. The number of aryl methyl sites for hydroxylation is 1. The minimum Gasteiger partial charge on any atom is -0.455 e. The summed E-state index contributed by atoms with van der Waals surface area (Å²) in [4.78, 5) is 4.23. The van der Waals surface area contributed by atoms with Crippen molar-refractivity contribution < 1.29 is 4.74 Å². The van der Waals surface area contributed by atoms with Gasteiger partial charge in [0, 0.05) is 17.8 Å². The second kappa shape index (κ2) is 6.58. The molecule has 0 radical (unpaired) electrons. The van der Waals surface area contributed by atoms with Crippen molar-refractivity contribution in [1.82, 2.24) is 10.3 Å². The van der Waals surface area contributed by atoms with E-state index in [9.17, 15) is 0 Å². The van der Waals surface area contributed by atoms with Crippen LogP contribution in [-0.4, -0.2) is 10.5 Å². The zero-order valence-corrected chi connectivity index (χ0v) is 14.5. The Morgan fingerprint density at radius 1 is 1.19 bits per heavy atom. The Bertz CT molecular complexity index is 603. The molecule has 2 aromatic rings. The summed E-state index contributed by atoms with van der Waals surface area (Å²) >= 11 is 3.57. The van der Waals surface area contributed by atoms with Gasteiger partial charge in [-0.3, -0.25) is 4.98 Å². The lowest BCUT2D eigenvalue weighted by atomic mass is 10.1. The third kappa shape index (κ3) is 5.14. The van der Waals surface area contributed by atoms with Crippen LogP contribution in [0.5, 0.6) is 11.5 Å². The normalized spacial score (nSPS) is 11.5. The van der Waals surface area contributed by atoms with Crippen LogP contribution in [0.15, 0.2) is 41.0 Å². The van der Waals surface area contributed by atoms with E-state index >= 15 is 0 Å². The van der Waals surface area contributed by atoms with E-state index in [1.807, 2.05) is 25.1 Å². The highest BCUT2D eigenvalue weighted by Crippen LogP contribution is 2.30. The van der Waals surface area contributed by atoms with E-state index in [-0.39, 0.29) is 5.54 Å². The second-order valence-corrected chi connectivity index (χ2v) is 6.96. The molecule has 0 aliphatic heterocycles. The van der Waals surface area contributed by atoms with Crippen LogP contribution < -0.4 is 10.1 Å². The van der Waals surface area contributed by atoms with Gasteiger partial charge < -0.3 is 10.1 Å². The van der Waals surface area contributed by atoms with E-state index in [1.165, 1.54) is 5.56 Å². The monoisotopic (exact) mass is 348 g/mol. The van der Waals surface area contributed by atoms with Gasteiger partial charge in [0.15, 0.2) is 0 Å². The highest BCUT2D eigenvalue weighted by molar-refractivity contribution is 9.10. The molecule has 4 heteroatoms. The average molecular weight is 349 g/mol. The molecular formula is C17H21BrN2O. The van der Waals surface area contributed by atoms with Gasteiger partial charge in [0.05, 0.1) is 10.7 Å². The Hall–Kier alpha value is -1.39.